The molecule has 1 atom stereocenters. The number of benzene rings is 1. The van der Waals surface area contributed by atoms with E-state index in [2.05, 4.69) is 27.4 Å². The third kappa shape index (κ3) is 5.76. The van der Waals surface area contributed by atoms with Gasteiger partial charge in [0, 0.05) is 58.5 Å². The quantitative estimate of drug-likeness (QED) is 0.843. The summed E-state index contributed by atoms with van der Waals surface area (Å²) >= 11 is 0. The van der Waals surface area contributed by atoms with Gasteiger partial charge in [-0.15, -0.1) is 0 Å². The van der Waals surface area contributed by atoms with Crippen molar-refractivity contribution < 1.29 is 4.79 Å². The molecule has 3 rings (SSSR count). The molecule has 1 fully saturated rings. The van der Waals surface area contributed by atoms with Crippen molar-refractivity contribution in [3.63, 3.8) is 0 Å². The summed E-state index contributed by atoms with van der Waals surface area (Å²) in [6.07, 6.45) is 3.83. The van der Waals surface area contributed by atoms with Crippen LogP contribution in [0.3, 0.4) is 0 Å². The van der Waals surface area contributed by atoms with Gasteiger partial charge in [-0.25, -0.2) is 9.97 Å². The lowest BCUT2D eigenvalue weighted by atomic mass is 10.0. The summed E-state index contributed by atoms with van der Waals surface area (Å²) in [5, 5.41) is 3.47. The second-order valence-electron chi connectivity index (χ2n) is 7.36. The Morgan fingerprint density at radius 3 is 2.85 bits per heavy atom. The largest absolute Gasteiger partial charge is 0.363 e. The Kier molecular flexibility index (Phi) is 6.76. The van der Waals surface area contributed by atoms with E-state index in [1.807, 2.05) is 48.2 Å². The molecule has 1 amide bonds. The Balaban J connectivity index is 1.58. The van der Waals surface area contributed by atoms with E-state index in [9.17, 15) is 4.79 Å². The lowest BCUT2D eigenvalue weighted by molar-refractivity contribution is -0.131. The molecule has 1 aromatic heterocycles. The van der Waals surface area contributed by atoms with Gasteiger partial charge in [-0.05, 0) is 24.3 Å². The monoisotopic (exact) mass is 367 g/mol. The molecule has 1 aliphatic rings. The van der Waals surface area contributed by atoms with Crippen LogP contribution in [0.2, 0.25) is 0 Å². The van der Waals surface area contributed by atoms with Crippen molar-refractivity contribution in [3.8, 4) is 0 Å². The van der Waals surface area contributed by atoms with E-state index in [-0.39, 0.29) is 5.91 Å². The van der Waals surface area contributed by atoms with Gasteiger partial charge in [-0.2, -0.15) is 0 Å². The van der Waals surface area contributed by atoms with Crippen LogP contribution in [-0.2, 0) is 17.6 Å². The molecule has 1 aromatic carbocycles. The van der Waals surface area contributed by atoms with Gasteiger partial charge < -0.3 is 15.1 Å². The Morgan fingerprint density at radius 1 is 1.26 bits per heavy atom. The van der Waals surface area contributed by atoms with Crippen LogP contribution < -0.4 is 10.2 Å². The molecule has 1 aliphatic heterocycles. The Bertz CT molecular complexity index is 734. The van der Waals surface area contributed by atoms with Crippen molar-refractivity contribution in [2.75, 3.05) is 45.2 Å². The third-order valence-electron chi connectivity index (χ3n) is 4.96. The molecule has 6 heteroatoms. The van der Waals surface area contributed by atoms with Crippen LogP contribution in [-0.4, -0.2) is 61.0 Å². The van der Waals surface area contributed by atoms with Gasteiger partial charge in [0.15, 0.2) is 0 Å². The number of anilines is 1. The fraction of sp³-hybridized carbons (Fsp3) is 0.476. The van der Waals surface area contributed by atoms with Crippen molar-refractivity contribution in [2.24, 2.45) is 5.92 Å². The van der Waals surface area contributed by atoms with E-state index in [4.69, 9.17) is 0 Å². The summed E-state index contributed by atoms with van der Waals surface area (Å²) in [6, 6.07) is 12.2. The van der Waals surface area contributed by atoms with Crippen molar-refractivity contribution in [1.82, 2.24) is 20.2 Å². The first-order valence-electron chi connectivity index (χ1n) is 9.62. The van der Waals surface area contributed by atoms with E-state index < -0.39 is 0 Å². The molecule has 6 nitrogen and oxygen atoms in total. The summed E-state index contributed by atoms with van der Waals surface area (Å²) in [5.41, 5.74) is 2.24. The van der Waals surface area contributed by atoms with Crippen molar-refractivity contribution in [2.45, 2.75) is 19.3 Å². The molecule has 2 aromatic rings. The van der Waals surface area contributed by atoms with Gasteiger partial charge in [-0.1, -0.05) is 30.3 Å². The summed E-state index contributed by atoms with van der Waals surface area (Å²) in [4.78, 5) is 25.4. The standard InChI is InChI=1S/C21H29N5O/c1-25(2)20-13-19(23-16-24-20)12-18-14-22-10-11-26(15-18)21(27)9-8-17-6-4-3-5-7-17/h3-7,13,16,18,22H,8-12,14-15H2,1-2H3/t18-/m0/s1. The zero-order chi connectivity index (χ0) is 19.1. The van der Waals surface area contributed by atoms with Gasteiger partial charge >= 0.3 is 0 Å². The van der Waals surface area contributed by atoms with Crippen molar-refractivity contribution in [3.05, 3.63) is 54.0 Å². The average molecular weight is 367 g/mol. The molecule has 1 N–H and O–H groups in total. The number of amides is 1. The summed E-state index contributed by atoms with van der Waals surface area (Å²) in [6.45, 7) is 3.31. The molecular formula is C21H29N5O. The zero-order valence-corrected chi connectivity index (χ0v) is 16.3. The van der Waals surface area contributed by atoms with Crippen LogP contribution in [0, 0.1) is 5.92 Å². The second kappa shape index (κ2) is 9.46. The molecule has 2 heterocycles. The topological polar surface area (TPSA) is 61.4 Å². The molecule has 0 radical (unpaired) electrons. The zero-order valence-electron chi connectivity index (χ0n) is 16.3. The fourth-order valence-corrected chi connectivity index (χ4v) is 3.44. The van der Waals surface area contributed by atoms with Crippen LogP contribution in [0.15, 0.2) is 42.7 Å². The van der Waals surface area contributed by atoms with Crippen molar-refractivity contribution >= 4 is 11.7 Å². The fourth-order valence-electron chi connectivity index (χ4n) is 3.44. The van der Waals surface area contributed by atoms with E-state index in [1.54, 1.807) is 6.33 Å². The SMILES string of the molecule is CN(C)c1cc(C[C@H]2CNCCN(C(=O)CCc3ccccc3)C2)ncn1. The Labute approximate surface area is 161 Å². The van der Waals surface area contributed by atoms with E-state index in [0.29, 0.717) is 12.3 Å². The van der Waals surface area contributed by atoms with Crippen LogP contribution >= 0.6 is 0 Å². The number of rotatable bonds is 6. The van der Waals surface area contributed by atoms with Gasteiger partial charge in [0.25, 0.3) is 0 Å². The van der Waals surface area contributed by atoms with Gasteiger partial charge in [-0.3, -0.25) is 4.79 Å². The van der Waals surface area contributed by atoms with E-state index >= 15 is 0 Å². The van der Waals surface area contributed by atoms with E-state index in [1.165, 1.54) is 5.56 Å². The highest BCUT2D eigenvalue weighted by atomic mass is 16.2. The summed E-state index contributed by atoms with van der Waals surface area (Å²) < 4.78 is 0. The Morgan fingerprint density at radius 2 is 2.07 bits per heavy atom. The maximum Gasteiger partial charge on any atom is 0.222 e. The number of hydrogen-bond acceptors (Lipinski definition) is 5. The lowest BCUT2D eigenvalue weighted by Gasteiger charge is -2.24. The van der Waals surface area contributed by atoms with Gasteiger partial charge in [0.2, 0.25) is 5.91 Å². The minimum Gasteiger partial charge on any atom is -0.363 e. The molecule has 0 unspecified atom stereocenters. The number of carbonyl (C=O) groups excluding carboxylic acids is 1. The van der Waals surface area contributed by atoms with Crippen LogP contribution in [0.1, 0.15) is 17.7 Å². The maximum absolute atomic E-state index is 12.7. The third-order valence-corrected chi connectivity index (χ3v) is 4.96. The van der Waals surface area contributed by atoms with Crippen LogP contribution in [0.4, 0.5) is 5.82 Å². The molecule has 27 heavy (non-hydrogen) atoms. The highest BCUT2D eigenvalue weighted by Crippen LogP contribution is 2.15. The number of aryl methyl sites for hydroxylation is 1. The predicted molar refractivity (Wildman–Crippen MR) is 108 cm³/mol. The average Bonchev–Trinajstić information content (AvgIpc) is 2.93. The summed E-state index contributed by atoms with van der Waals surface area (Å²) in [7, 11) is 3.96. The first-order valence-corrected chi connectivity index (χ1v) is 9.62. The minimum absolute atomic E-state index is 0.240. The first-order chi connectivity index (χ1) is 13.1. The number of carbonyl (C=O) groups is 1. The molecule has 144 valence electrons. The van der Waals surface area contributed by atoms with Crippen molar-refractivity contribution in [1.29, 1.82) is 0 Å². The highest BCUT2D eigenvalue weighted by molar-refractivity contribution is 5.76. The Hall–Kier alpha value is -2.47. The first kappa shape index (κ1) is 19.3. The minimum atomic E-state index is 0.240. The number of nitrogens with zero attached hydrogens (tertiary/aromatic N) is 4. The molecule has 0 spiro atoms. The van der Waals surface area contributed by atoms with Gasteiger partial charge in [0.05, 0.1) is 0 Å². The molecule has 0 aliphatic carbocycles. The lowest BCUT2D eigenvalue weighted by Crippen LogP contribution is -2.36. The molecule has 0 bridgehead atoms. The second-order valence-corrected chi connectivity index (χ2v) is 7.36. The highest BCUT2D eigenvalue weighted by Gasteiger charge is 2.22. The van der Waals surface area contributed by atoms with Crippen LogP contribution in [0.25, 0.3) is 0 Å². The predicted octanol–water partition coefficient (Wildman–Crippen LogP) is 1.77. The summed E-state index contributed by atoms with van der Waals surface area (Å²) in [5.74, 6) is 1.51. The maximum atomic E-state index is 12.7. The number of hydrogen-bond donors (Lipinski definition) is 1. The molecule has 0 saturated carbocycles. The molecular weight excluding hydrogens is 338 g/mol. The van der Waals surface area contributed by atoms with Gasteiger partial charge in [0.1, 0.15) is 12.1 Å². The smallest absolute Gasteiger partial charge is 0.222 e. The number of nitrogens with one attached hydrogen (secondary N) is 1. The molecule has 1 saturated heterocycles. The normalized spacial score (nSPS) is 17.4. The number of aromatic nitrogens is 2. The van der Waals surface area contributed by atoms with E-state index in [0.717, 1.165) is 50.5 Å². The van der Waals surface area contributed by atoms with Crippen LogP contribution in [0.5, 0.6) is 0 Å².